The predicted octanol–water partition coefficient (Wildman–Crippen LogP) is 2.70. The standard InChI is InChI=1S/C12H12ClFO4/c1-18-10-6(5-7(13)9(15)8(10)14)12(11(16)17)3-2-4-12/h5,15H,2-4H2,1H3,(H,16,17). The van der Waals surface area contributed by atoms with Gasteiger partial charge in [0.25, 0.3) is 0 Å². The lowest BCUT2D eigenvalue weighted by atomic mass is 9.64. The fourth-order valence-electron chi connectivity index (χ4n) is 2.28. The van der Waals surface area contributed by atoms with Gasteiger partial charge in [-0.2, -0.15) is 4.39 Å². The second-order valence-corrected chi connectivity index (χ2v) is 4.75. The molecular formula is C12H12ClFO4. The predicted molar refractivity (Wildman–Crippen MR) is 62.8 cm³/mol. The lowest BCUT2D eigenvalue weighted by Gasteiger charge is -2.39. The van der Waals surface area contributed by atoms with E-state index in [0.717, 1.165) is 6.42 Å². The van der Waals surface area contributed by atoms with Crippen LogP contribution in [0, 0.1) is 5.82 Å². The van der Waals surface area contributed by atoms with Crippen molar-refractivity contribution < 1.29 is 24.1 Å². The third-order valence-corrected chi connectivity index (χ3v) is 3.77. The second-order valence-electron chi connectivity index (χ2n) is 4.34. The molecule has 1 aliphatic rings. The van der Waals surface area contributed by atoms with Crippen molar-refractivity contribution in [1.82, 2.24) is 0 Å². The maximum Gasteiger partial charge on any atom is 0.314 e. The minimum absolute atomic E-state index is 0.184. The summed E-state index contributed by atoms with van der Waals surface area (Å²) in [6, 6.07) is 1.27. The van der Waals surface area contributed by atoms with E-state index in [2.05, 4.69) is 0 Å². The van der Waals surface area contributed by atoms with Crippen LogP contribution in [0.4, 0.5) is 4.39 Å². The van der Waals surface area contributed by atoms with E-state index in [1.807, 2.05) is 0 Å². The van der Waals surface area contributed by atoms with Crippen LogP contribution in [-0.2, 0) is 10.2 Å². The molecule has 0 radical (unpaired) electrons. The van der Waals surface area contributed by atoms with Gasteiger partial charge in [0.2, 0.25) is 5.82 Å². The summed E-state index contributed by atoms with van der Waals surface area (Å²) in [5.41, 5.74) is -0.979. The number of carboxylic acids is 1. The van der Waals surface area contributed by atoms with Crippen molar-refractivity contribution in [3.63, 3.8) is 0 Å². The molecule has 0 aliphatic heterocycles. The zero-order valence-electron chi connectivity index (χ0n) is 9.67. The van der Waals surface area contributed by atoms with Gasteiger partial charge in [0.1, 0.15) is 0 Å². The topological polar surface area (TPSA) is 66.8 Å². The molecule has 6 heteroatoms. The van der Waals surface area contributed by atoms with Crippen molar-refractivity contribution in [2.75, 3.05) is 7.11 Å². The van der Waals surface area contributed by atoms with E-state index >= 15 is 0 Å². The highest BCUT2D eigenvalue weighted by atomic mass is 35.5. The monoisotopic (exact) mass is 274 g/mol. The number of aromatic hydroxyl groups is 1. The molecule has 0 amide bonds. The van der Waals surface area contributed by atoms with Crippen LogP contribution in [0.5, 0.6) is 11.5 Å². The first-order chi connectivity index (χ1) is 8.44. The highest BCUT2D eigenvalue weighted by Crippen LogP contribution is 2.50. The zero-order chi connectivity index (χ0) is 13.5. The Hall–Kier alpha value is -1.49. The number of methoxy groups -OCH3 is 1. The van der Waals surface area contributed by atoms with Crippen molar-refractivity contribution in [1.29, 1.82) is 0 Å². The molecular weight excluding hydrogens is 263 g/mol. The molecule has 1 aromatic rings. The zero-order valence-corrected chi connectivity index (χ0v) is 10.4. The van der Waals surface area contributed by atoms with Gasteiger partial charge in [-0.15, -0.1) is 0 Å². The molecule has 0 spiro atoms. The Bertz CT molecular complexity index is 511. The van der Waals surface area contributed by atoms with E-state index in [1.54, 1.807) is 0 Å². The molecule has 1 aliphatic carbocycles. The molecule has 0 saturated heterocycles. The molecule has 0 heterocycles. The number of carboxylic acid groups (broad SMARTS) is 1. The van der Waals surface area contributed by atoms with E-state index in [1.165, 1.54) is 13.2 Å². The number of ether oxygens (including phenoxy) is 1. The number of rotatable bonds is 3. The summed E-state index contributed by atoms with van der Waals surface area (Å²) in [5.74, 6) is -3.03. The maximum absolute atomic E-state index is 13.8. The lowest BCUT2D eigenvalue weighted by molar-refractivity contribution is -0.147. The lowest BCUT2D eigenvalue weighted by Crippen LogP contribution is -2.42. The van der Waals surface area contributed by atoms with E-state index in [4.69, 9.17) is 16.3 Å². The van der Waals surface area contributed by atoms with Gasteiger partial charge in [0.05, 0.1) is 17.5 Å². The van der Waals surface area contributed by atoms with E-state index in [9.17, 15) is 19.4 Å². The molecule has 1 saturated carbocycles. The van der Waals surface area contributed by atoms with E-state index in [0.29, 0.717) is 12.8 Å². The summed E-state index contributed by atoms with van der Waals surface area (Å²) in [6.45, 7) is 0. The van der Waals surface area contributed by atoms with Crippen LogP contribution in [0.25, 0.3) is 0 Å². The number of phenolic OH excluding ortho intramolecular Hbond substituents is 1. The van der Waals surface area contributed by atoms with Crippen LogP contribution in [0.3, 0.4) is 0 Å². The highest BCUT2D eigenvalue weighted by molar-refractivity contribution is 6.32. The summed E-state index contributed by atoms with van der Waals surface area (Å²) in [4.78, 5) is 11.4. The van der Waals surface area contributed by atoms with Crippen LogP contribution >= 0.6 is 11.6 Å². The van der Waals surface area contributed by atoms with Crippen LogP contribution in [0.1, 0.15) is 24.8 Å². The molecule has 4 nitrogen and oxygen atoms in total. The summed E-state index contributed by atoms with van der Waals surface area (Å²) >= 11 is 5.70. The Morgan fingerprint density at radius 3 is 2.56 bits per heavy atom. The van der Waals surface area contributed by atoms with Gasteiger partial charge in [-0.3, -0.25) is 4.79 Å². The fourth-order valence-corrected chi connectivity index (χ4v) is 2.47. The van der Waals surface area contributed by atoms with Crippen molar-refractivity contribution >= 4 is 17.6 Å². The number of halogens is 2. The van der Waals surface area contributed by atoms with Crippen molar-refractivity contribution in [3.8, 4) is 11.5 Å². The second kappa shape index (κ2) is 4.31. The van der Waals surface area contributed by atoms with Crippen LogP contribution in [-0.4, -0.2) is 23.3 Å². The van der Waals surface area contributed by atoms with Gasteiger partial charge >= 0.3 is 5.97 Å². The molecule has 0 unspecified atom stereocenters. The van der Waals surface area contributed by atoms with Crippen molar-refractivity contribution in [2.24, 2.45) is 0 Å². The van der Waals surface area contributed by atoms with Gasteiger partial charge in [-0.25, -0.2) is 0 Å². The average Bonchev–Trinajstić information content (AvgIpc) is 2.24. The first-order valence-electron chi connectivity index (χ1n) is 5.43. The normalized spacial score (nSPS) is 17.1. The Morgan fingerprint density at radius 1 is 1.56 bits per heavy atom. The molecule has 2 rings (SSSR count). The molecule has 2 N–H and O–H groups in total. The van der Waals surface area contributed by atoms with Crippen molar-refractivity contribution in [3.05, 3.63) is 22.5 Å². The minimum atomic E-state index is -1.16. The van der Waals surface area contributed by atoms with E-state index in [-0.39, 0.29) is 16.3 Å². The minimum Gasteiger partial charge on any atom is -0.504 e. The van der Waals surface area contributed by atoms with Gasteiger partial charge in [0, 0.05) is 5.56 Å². The summed E-state index contributed by atoms with van der Waals surface area (Å²) in [5, 5.41) is 18.5. The Kier molecular flexibility index (Phi) is 3.11. The summed E-state index contributed by atoms with van der Waals surface area (Å²) in [6.07, 6.45) is 1.55. The van der Waals surface area contributed by atoms with Gasteiger partial charge in [0.15, 0.2) is 11.5 Å². The number of carbonyl (C=O) groups is 1. The maximum atomic E-state index is 13.8. The largest absolute Gasteiger partial charge is 0.504 e. The molecule has 0 atom stereocenters. The van der Waals surface area contributed by atoms with Gasteiger partial charge in [-0.1, -0.05) is 18.0 Å². The molecule has 1 aromatic carbocycles. The number of hydrogen-bond acceptors (Lipinski definition) is 3. The number of aliphatic carboxylic acids is 1. The third kappa shape index (κ3) is 1.61. The number of hydrogen-bond donors (Lipinski definition) is 2. The SMILES string of the molecule is COc1c(C2(C(=O)O)CCC2)cc(Cl)c(O)c1F. The first-order valence-corrected chi connectivity index (χ1v) is 5.80. The van der Waals surface area contributed by atoms with Crippen LogP contribution < -0.4 is 4.74 Å². The molecule has 98 valence electrons. The number of phenols is 1. The van der Waals surface area contributed by atoms with Crippen LogP contribution in [0.15, 0.2) is 6.07 Å². The summed E-state index contributed by atoms with van der Waals surface area (Å²) in [7, 11) is 1.23. The average molecular weight is 275 g/mol. The fraction of sp³-hybridized carbons (Fsp3) is 0.417. The third-order valence-electron chi connectivity index (χ3n) is 3.49. The van der Waals surface area contributed by atoms with E-state index < -0.39 is 23.0 Å². The quantitative estimate of drug-likeness (QED) is 0.889. The first kappa shape index (κ1) is 13.0. The van der Waals surface area contributed by atoms with Crippen molar-refractivity contribution in [2.45, 2.75) is 24.7 Å². The molecule has 18 heavy (non-hydrogen) atoms. The molecule has 1 fully saturated rings. The summed E-state index contributed by atoms with van der Waals surface area (Å²) < 4.78 is 18.7. The Labute approximate surface area is 108 Å². The number of benzene rings is 1. The highest BCUT2D eigenvalue weighted by Gasteiger charge is 2.48. The van der Waals surface area contributed by atoms with Crippen LogP contribution in [0.2, 0.25) is 5.02 Å². The van der Waals surface area contributed by atoms with Gasteiger partial charge in [-0.05, 0) is 18.9 Å². The molecule has 0 aromatic heterocycles. The smallest absolute Gasteiger partial charge is 0.314 e. The molecule has 0 bridgehead atoms. The Balaban J connectivity index is 2.67. The Morgan fingerprint density at radius 2 is 2.17 bits per heavy atom. The van der Waals surface area contributed by atoms with Gasteiger partial charge < -0.3 is 14.9 Å².